The minimum atomic E-state index is -0.173. The van der Waals surface area contributed by atoms with Crippen molar-refractivity contribution in [3.8, 4) is 0 Å². The number of aromatic nitrogens is 2. The highest BCUT2D eigenvalue weighted by molar-refractivity contribution is 9.10. The Kier molecular flexibility index (Phi) is 3.66. The minimum Gasteiger partial charge on any atom is -0.322 e. The number of nitrogens with zero attached hydrogens (tertiary/aromatic N) is 2. The molecular formula is C16H12BrN3O. The summed E-state index contributed by atoms with van der Waals surface area (Å²) in [6.45, 7) is 1.83. The lowest BCUT2D eigenvalue weighted by Gasteiger charge is -2.08. The standard InChI is InChI=1S/C16H12BrN3O/c1-10-14(8-11-9-18-7-6-15(11)19-10)16(21)20-13-4-2-12(17)3-5-13/h2-9H,1H3,(H,20,21). The van der Waals surface area contributed by atoms with Crippen LogP contribution in [0, 0.1) is 6.92 Å². The van der Waals surface area contributed by atoms with Crippen LogP contribution in [-0.2, 0) is 0 Å². The maximum Gasteiger partial charge on any atom is 0.257 e. The highest BCUT2D eigenvalue weighted by Gasteiger charge is 2.12. The van der Waals surface area contributed by atoms with E-state index in [2.05, 4.69) is 31.2 Å². The van der Waals surface area contributed by atoms with E-state index in [9.17, 15) is 4.79 Å². The molecule has 21 heavy (non-hydrogen) atoms. The zero-order valence-electron chi connectivity index (χ0n) is 11.3. The molecule has 2 heterocycles. The average molecular weight is 342 g/mol. The lowest BCUT2D eigenvalue weighted by Crippen LogP contribution is -2.14. The summed E-state index contributed by atoms with van der Waals surface area (Å²) in [4.78, 5) is 20.9. The molecule has 2 aromatic heterocycles. The summed E-state index contributed by atoms with van der Waals surface area (Å²) < 4.78 is 0.968. The van der Waals surface area contributed by atoms with Gasteiger partial charge in [0.05, 0.1) is 16.8 Å². The van der Waals surface area contributed by atoms with Gasteiger partial charge in [0, 0.05) is 27.9 Å². The van der Waals surface area contributed by atoms with Crippen molar-refractivity contribution in [1.82, 2.24) is 9.97 Å². The number of carbonyl (C=O) groups is 1. The van der Waals surface area contributed by atoms with Gasteiger partial charge in [-0.3, -0.25) is 14.8 Å². The topological polar surface area (TPSA) is 54.9 Å². The van der Waals surface area contributed by atoms with Crippen molar-refractivity contribution in [2.24, 2.45) is 0 Å². The number of halogens is 1. The molecule has 0 aliphatic heterocycles. The first kappa shape index (κ1) is 13.7. The van der Waals surface area contributed by atoms with Crippen LogP contribution in [0.5, 0.6) is 0 Å². The number of rotatable bonds is 2. The maximum absolute atomic E-state index is 12.4. The lowest BCUT2D eigenvalue weighted by atomic mass is 10.1. The smallest absolute Gasteiger partial charge is 0.257 e. The second-order valence-electron chi connectivity index (χ2n) is 4.65. The van der Waals surface area contributed by atoms with Crippen LogP contribution in [0.25, 0.3) is 10.9 Å². The van der Waals surface area contributed by atoms with Gasteiger partial charge in [-0.2, -0.15) is 0 Å². The molecule has 4 nitrogen and oxygen atoms in total. The van der Waals surface area contributed by atoms with E-state index in [1.165, 1.54) is 0 Å². The number of hydrogen-bond donors (Lipinski definition) is 1. The third-order valence-electron chi connectivity index (χ3n) is 3.15. The summed E-state index contributed by atoms with van der Waals surface area (Å²) in [7, 11) is 0. The Morgan fingerprint density at radius 1 is 1.19 bits per heavy atom. The number of amides is 1. The molecule has 0 saturated heterocycles. The van der Waals surface area contributed by atoms with E-state index in [0.717, 1.165) is 21.1 Å². The average Bonchev–Trinajstić information content (AvgIpc) is 2.49. The van der Waals surface area contributed by atoms with Crippen molar-refractivity contribution < 1.29 is 4.79 Å². The predicted molar refractivity (Wildman–Crippen MR) is 86.4 cm³/mol. The molecule has 0 radical (unpaired) electrons. The Labute approximate surface area is 130 Å². The van der Waals surface area contributed by atoms with Gasteiger partial charge in [-0.05, 0) is 43.3 Å². The maximum atomic E-state index is 12.4. The van der Waals surface area contributed by atoms with Crippen molar-refractivity contribution in [1.29, 1.82) is 0 Å². The molecule has 0 aliphatic carbocycles. The minimum absolute atomic E-state index is 0.173. The van der Waals surface area contributed by atoms with Gasteiger partial charge in [0.25, 0.3) is 5.91 Å². The van der Waals surface area contributed by atoms with Gasteiger partial charge in [0.2, 0.25) is 0 Å². The molecule has 5 heteroatoms. The van der Waals surface area contributed by atoms with Crippen LogP contribution in [0.3, 0.4) is 0 Å². The molecule has 0 saturated carbocycles. The summed E-state index contributed by atoms with van der Waals surface area (Å²) in [5.41, 5.74) is 2.83. The van der Waals surface area contributed by atoms with Gasteiger partial charge in [-0.15, -0.1) is 0 Å². The van der Waals surface area contributed by atoms with Crippen molar-refractivity contribution in [2.75, 3.05) is 5.32 Å². The normalized spacial score (nSPS) is 10.6. The molecule has 3 aromatic rings. The molecule has 3 rings (SSSR count). The van der Waals surface area contributed by atoms with E-state index in [4.69, 9.17) is 0 Å². The van der Waals surface area contributed by atoms with Gasteiger partial charge >= 0.3 is 0 Å². The Bertz CT molecular complexity index is 815. The van der Waals surface area contributed by atoms with E-state index in [0.29, 0.717) is 11.3 Å². The Balaban J connectivity index is 1.93. The van der Waals surface area contributed by atoms with Crippen LogP contribution in [0.1, 0.15) is 16.1 Å². The van der Waals surface area contributed by atoms with Crippen molar-refractivity contribution in [3.05, 3.63) is 64.5 Å². The first-order chi connectivity index (χ1) is 10.1. The van der Waals surface area contributed by atoms with E-state index in [1.807, 2.05) is 43.3 Å². The fraction of sp³-hybridized carbons (Fsp3) is 0.0625. The number of nitrogens with one attached hydrogen (secondary N) is 1. The Morgan fingerprint density at radius 3 is 2.71 bits per heavy atom. The van der Waals surface area contributed by atoms with Crippen LogP contribution in [-0.4, -0.2) is 15.9 Å². The van der Waals surface area contributed by atoms with Crippen LogP contribution in [0.2, 0.25) is 0 Å². The van der Waals surface area contributed by atoms with Crippen LogP contribution in [0.4, 0.5) is 5.69 Å². The predicted octanol–water partition coefficient (Wildman–Crippen LogP) is 3.95. The van der Waals surface area contributed by atoms with Gasteiger partial charge in [-0.25, -0.2) is 0 Å². The summed E-state index contributed by atoms with van der Waals surface area (Å²) in [6, 6.07) is 11.1. The molecule has 1 aromatic carbocycles. The molecule has 1 N–H and O–H groups in total. The van der Waals surface area contributed by atoms with Crippen LogP contribution < -0.4 is 5.32 Å². The summed E-state index contributed by atoms with van der Waals surface area (Å²) in [6.07, 6.45) is 3.40. The van der Waals surface area contributed by atoms with E-state index < -0.39 is 0 Å². The third-order valence-corrected chi connectivity index (χ3v) is 3.68. The number of anilines is 1. The number of benzene rings is 1. The molecule has 0 bridgehead atoms. The van der Waals surface area contributed by atoms with Gasteiger partial charge < -0.3 is 5.32 Å². The van der Waals surface area contributed by atoms with Crippen molar-refractivity contribution in [3.63, 3.8) is 0 Å². The highest BCUT2D eigenvalue weighted by Crippen LogP contribution is 2.18. The SMILES string of the molecule is Cc1nc2ccncc2cc1C(=O)Nc1ccc(Br)cc1. The number of pyridine rings is 2. The first-order valence-corrected chi connectivity index (χ1v) is 7.21. The Hall–Kier alpha value is -2.27. The number of fused-ring (bicyclic) bond motifs is 1. The van der Waals surface area contributed by atoms with Gasteiger partial charge in [0.15, 0.2) is 0 Å². The highest BCUT2D eigenvalue weighted by atomic mass is 79.9. The van der Waals surface area contributed by atoms with Gasteiger partial charge in [0.1, 0.15) is 0 Å². The second kappa shape index (κ2) is 5.61. The molecule has 1 amide bonds. The molecule has 0 aliphatic rings. The summed E-state index contributed by atoms with van der Waals surface area (Å²) in [5, 5.41) is 3.72. The first-order valence-electron chi connectivity index (χ1n) is 6.42. The molecule has 0 fully saturated rings. The van der Waals surface area contributed by atoms with Crippen LogP contribution >= 0.6 is 15.9 Å². The van der Waals surface area contributed by atoms with E-state index >= 15 is 0 Å². The number of hydrogen-bond acceptors (Lipinski definition) is 3. The molecular weight excluding hydrogens is 330 g/mol. The van der Waals surface area contributed by atoms with E-state index in [-0.39, 0.29) is 5.91 Å². The third kappa shape index (κ3) is 2.92. The number of aryl methyl sites for hydroxylation is 1. The lowest BCUT2D eigenvalue weighted by molar-refractivity contribution is 0.102. The number of carbonyl (C=O) groups excluding carboxylic acids is 1. The zero-order chi connectivity index (χ0) is 14.8. The summed E-state index contributed by atoms with van der Waals surface area (Å²) in [5.74, 6) is -0.173. The molecule has 0 spiro atoms. The fourth-order valence-electron chi connectivity index (χ4n) is 2.07. The monoisotopic (exact) mass is 341 g/mol. The Morgan fingerprint density at radius 2 is 1.95 bits per heavy atom. The summed E-state index contributed by atoms with van der Waals surface area (Å²) >= 11 is 3.37. The largest absolute Gasteiger partial charge is 0.322 e. The van der Waals surface area contributed by atoms with Crippen molar-refractivity contribution >= 4 is 38.4 Å². The fourth-order valence-corrected chi connectivity index (χ4v) is 2.34. The quantitative estimate of drug-likeness (QED) is 0.767. The van der Waals surface area contributed by atoms with Crippen molar-refractivity contribution in [2.45, 2.75) is 6.92 Å². The van der Waals surface area contributed by atoms with Gasteiger partial charge in [-0.1, -0.05) is 15.9 Å². The zero-order valence-corrected chi connectivity index (χ0v) is 12.9. The molecule has 0 atom stereocenters. The van der Waals surface area contributed by atoms with E-state index in [1.54, 1.807) is 12.4 Å². The molecule has 0 unspecified atom stereocenters. The molecule has 104 valence electrons. The second-order valence-corrected chi connectivity index (χ2v) is 5.57. The van der Waals surface area contributed by atoms with Crippen LogP contribution in [0.15, 0.2) is 53.3 Å².